The van der Waals surface area contributed by atoms with Crippen molar-refractivity contribution in [1.82, 2.24) is 4.98 Å². The SMILES string of the molecule is CCCCN(CCO)c1ncccc1C(=O)OCC. The van der Waals surface area contributed by atoms with E-state index in [2.05, 4.69) is 11.9 Å². The topological polar surface area (TPSA) is 62.7 Å². The molecule has 0 amide bonds. The van der Waals surface area contributed by atoms with E-state index in [0.717, 1.165) is 19.4 Å². The van der Waals surface area contributed by atoms with E-state index in [1.165, 1.54) is 0 Å². The Morgan fingerprint density at radius 3 is 2.84 bits per heavy atom. The van der Waals surface area contributed by atoms with Crippen LogP contribution < -0.4 is 4.90 Å². The number of rotatable bonds is 8. The van der Waals surface area contributed by atoms with E-state index in [4.69, 9.17) is 9.84 Å². The predicted octanol–water partition coefficient (Wildman–Crippen LogP) is 1.86. The minimum absolute atomic E-state index is 0.0303. The van der Waals surface area contributed by atoms with Crippen LogP contribution >= 0.6 is 0 Å². The smallest absolute Gasteiger partial charge is 0.341 e. The Kier molecular flexibility index (Phi) is 6.89. The fourth-order valence-corrected chi connectivity index (χ4v) is 1.81. The summed E-state index contributed by atoms with van der Waals surface area (Å²) in [5.74, 6) is 0.216. The number of aromatic nitrogens is 1. The van der Waals surface area contributed by atoms with Gasteiger partial charge in [0.25, 0.3) is 0 Å². The highest BCUT2D eigenvalue weighted by Crippen LogP contribution is 2.18. The number of aliphatic hydroxyl groups is 1. The standard InChI is InChI=1S/C14H22N2O3/c1-3-5-9-16(10-11-17)13-12(7-6-8-15-13)14(18)19-4-2/h6-8,17H,3-5,9-11H2,1-2H3. The van der Waals surface area contributed by atoms with Crippen LogP contribution in [0.25, 0.3) is 0 Å². The molecule has 0 unspecified atom stereocenters. The first-order valence-electron chi connectivity index (χ1n) is 6.72. The summed E-state index contributed by atoms with van der Waals surface area (Å²) in [5.41, 5.74) is 0.453. The third-order valence-electron chi connectivity index (χ3n) is 2.73. The van der Waals surface area contributed by atoms with Crippen molar-refractivity contribution in [2.45, 2.75) is 26.7 Å². The summed E-state index contributed by atoms with van der Waals surface area (Å²) in [6, 6.07) is 3.42. The van der Waals surface area contributed by atoms with Crippen molar-refractivity contribution >= 4 is 11.8 Å². The van der Waals surface area contributed by atoms with Gasteiger partial charge in [0.1, 0.15) is 11.4 Å². The van der Waals surface area contributed by atoms with Crippen molar-refractivity contribution in [3.63, 3.8) is 0 Å². The van der Waals surface area contributed by atoms with Gasteiger partial charge in [-0.1, -0.05) is 13.3 Å². The molecule has 0 spiro atoms. The van der Waals surface area contributed by atoms with Crippen molar-refractivity contribution in [3.8, 4) is 0 Å². The van der Waals surface area contributed by atoms with Gasteiger partial charge in [0.15, 0.2) is 0 Å². The minimum Gasteiger partial charge on any atom is -0.462 e. The van der Waals surface area contributed by atoms with Crippen molar-refractivity contribution in [1.29, 1.82) is 0 Å². The average Bonchev–Trinajstić information content (AvgIpc) is 2.44. The molecule has 0 atom stereocenters. The second kappa shape index (κ2) is 8.48. The van der Waals surface area contributed by atoms with Gasteiger partial charge in [-0.15, -0.1) is 0 Å². The Morgan fingerprint density at radius 1 is 1.42 bits per heavy atom. The van der Waals surface area contributed by atoms with Crippen LogP contribution in [-0.4, -0.2) is 42.4 Å². The van der Waals surface area contributed by atoms with Crippen molar-refractivity contribution < 1.29 is 14.6 Å². The van der Waals surface area contributed by atoms with Crippen LogP contribution in [0, 0.1) is 0 Å². The second-order valence-corrected chi connectivity index (χ2v) is 4.16. The fourth-order valence-electron chi connectivity index (χ4n) is 1.81. The van der Waals surface area contributed by atoms with Crippen molar-refractivity contribution in [2.24, 2.45) is 0 Å². The summed E-state index contributed by atoms with van der Waals surface area (Å²) in [6.45, 7) is 5.47. The van der Waals surface area contributed by atoms with E-state index >= 15 is 0 Å². The number of ether oxygens (including phenoxy) is 1. The average molecular weight is 266 g/mol. The van der Waals surface area contributed by atoms with Crippen molar-refractivity contribution in [3.05, 3.63) is 23.9 Å². The van der Waals surface area contributed by atoms with Crippen LogP contribution in [-0.2, 0) is 4.74 Å². The molecule has 0 aliphatic carbocycles. The highest BCUT2D eigenvalue weighted by molar-refractivity contribution is 5.94. The first-order valence-corrected chi connectivity index (χ1v) is 6.72. The number of esters is 1. The maximum absolute atomic E-state index is 11.9. The van der Waals surface area contributed by atoms with Crippen LogP contribution in [0.15, 0.2) is 18.3 Å². The molecule has 0 bridgehead atoms. The second-order valence-electron chi connectivity index (χ2n) is 4.16. The van der Waals surface area contributed by atoms with Gasteiger partial charge in [0, 0.05) is 19.3 Å². The van der Waals surface area contributed by atoms with Gasteiger partial charge in [-0.2, -0.15) is 0 Å². The van der Waals surface area contributed by atoms with Crippen LogP contribution in [0.2, 0.25) is 0 Å². The number of unbranched alkanes of at least 4 members (excludes halogenated alkanes) is 1. The summed E-state index contributed by atoms with van der Waals surface area (Å²) < 4.78 is 5.03. The lowest BCUT2D eigenvalue weighted by atomic mass is 10.2. The van der Waals surface area contributed by atoms with E-state index in [1.54, 1.807) is 25.3 Å². The molecule has 0 saturated carbocycles. The molecule has 106 valence electrons. The lowest BCUT2D eigenvalue weighted by Crippen LogP contribution is -2.30. The van der Waals surface area contributed by atoms with E-state index in [0.29, 0.717) is 24.5 Å². The van der Waals surface area contributed by atoms with E-state index in [-0.39, 0.29) is 12.6 Å². The summed E-state index contributed by atoms with van der Waals surface area (Å²) in [6.07, 6.45) is 3.68. The third-order valence-corrected chi connectivity index (χ3v) is 2.73. The molecule has 5 heteroatoms. The Bertz CT molecular complexity index is 396. The molecule has 19 heavy (non-hydrogen) atoms. The quantitative estimate of drug-likeness (QED) is 0.728. The number of hydrogen-bond acceptors (Lipinski definition) is 5. The molecular formula is C14H22N2O3. The Labute approximate surface area is 114 Å². The molecule has 5 nitrogen and oxygen atoms in total. The molecule has 0 aromatic carbocycles. The molecule has 0 fully saturated rings. The number of carbonyl (C=O) groups excluding carboxylic acids is 1. The van der Waals surface area contributed by atoms with Crippen LogP contribution in [0.3, 0.4) is 0 Å². The molecule has 1 N–H and O–H groups in total. The largest absolute Gasteiger partial charge is 0.462 e. The van der Waals surface area contributed by atoms with Gasteiger partial charge in [0.2, 0.25) is 0 Å². The van der Waals surface area contributed by atoms with Gasteiger partial charge in [0.05, 0.1) is 13.2 Å². The number of nitrogens with zero attached hydrogens (tertiary/aromatic N) is 2. The van der Waals surface area contributed by atoms with Gasteiger partial charge < -0.3 is 14.7 Å². The lowest BCUT2D eigenvalue weighted by molar-refractivity contribution is 0.0526. The Hall–Kier alpha value is -1.62. The number of carbonyl (C=O) groups is 1. The predicted molar refractivity (Wildman–Crippen MR) is 74.4 cm³/mol. The zero-order valence-electron chi connectivity index (χ0n) is 11.6. The number of aliphatic hydroxyl groups excluding tert-OH is 1. The first-order chi connectivity index (χ1) is 9.24. The normalized spacial score (nSPS) is 10.3. The van der Waals surface area contributed by atoms with Gasteiger partial charge >= 0.3 is 5.97 Å². The molecule has 1 aromatic heterocycles. The molecule has 1 rings (SSSR count). The van der Waals surface area contributed by atoms with E-state index < -0.39 is 0 Å². The van der Waals surface area contributed by atoms with E-state index in [1.807, 2.05) is 4.90 Å². The first kappa shape index (κ1) is 15.4. The highest BCUT2D eigenvalue weighted by atomic mass is 16.5. The minimum atomic E-state index is -0.370. The molecule has 0 aliphatic heterocycles. The fraction of sp³-hybridized carbons (Fsp3) is 0.571. The summed E-state index contributed by atoms with van der Waals surface area (Å²) in [5, 5.41) is 9.14. The zero-order valence-corrected chi connectivity index (χ0v) is 11.6. The molecule has 0 saturated heterocycles. The number of anilines is 1. The zero-order chi connectivity index (χ0) is 14.1. The van der Waals surface area contributed by atoms with Gasteiger partial charge in [-0.3, -0.25) is 0 Å². The highest BCUT2D eigenvalue weighted by Gasteiger charge is 2.18. The van der Waals surface area contributed by atoms with Crippen LogP contribution in [0.5, 0.6) is 0 Å². The van der Waals surface area contributed by atoms with Gasteiger partial charge in [-0.25, -0.2) is 9.78 Å². The van der Waals surface area contributed by atoms with Crippen LogP contribution in [0.1, 0.15) is 37.0 Å². The number of pyridine rings is 1. The molecule has 0 aliphatic rings. The summed E-state index contributed by atoms with van der Waals surface area (Å²) >= 11 is 0. The van der Waals surface area contributed by atoms with E-state index in [9.17, 15) is 4.79 Å². The molecule has 1 heterocycles. The number of hydrogen-bond donors (Lipinski definition) is 1. The lowest BCUT2D eigenvalue weighted by Gasteiger charge is -2.24. The maximum Gasteiger partial charge on any atom is 0.341 e. The molecular weight excluding hydrogens is 244 g/mol. The third kappa shape index (κ3) is 4.52. The molecule has 0 radical (unpaired) electrons. The van der Waals surface area contributed by atoms with Crippen LogP contribution in [0.4, 0.5) is 5.82 Å². The monoisotopic (exact) mass is 266 g/mol. The maximum atomic E-state index is 11.9. The summed E-state index contributed by atoms with van der Waals surface area (Å²) in [7, 11) is 0. The Balaban J connectivity index is 2.97. The van der Waals surface area contributed by atoms with Gasteiger partial charge in [-0.05, 0) is 25.5 Å². The van der Waals surface area contributed by atoms with Crippen molar-refractivity contribution in [2.75, 3.05) is 31.2 Å². The summed E-state index contributed by atoms with van der Waals surface area (Å²) in [4.78, 5) is 18.1. The Morgan fingerprint density at radius 2 is 2.21 bits per heavy atom. The molecule has 1 aromatic rings.